The van der Waals surface area contributed by atoms with Crippen LogP contribution in [-0.4, -0.2) is 36.9 Å². The molecule has 0 aromatic heterocycles. The largest absolute Gasteiger partial charge is 0.386 e. The van der Waals surface area contributed by atoms with E-state index in [0.29, 0.717) is 6.42 Å². The Bertz CT molecular complexity index is 157. The minimum atomic E-state index is -0.974. The highest BCUT2D eigenvalue weighted by molar-refractivity contribution is 5.75. The molecule has 2 N–H and O–H groups in total. The van der Waals surface area contributed by atoms with E-state index in [0.717, 1.165) is 6.42 Å². The van der Waals surface area contributed by atoms with Crippen molar-refractivity contribution in [3.63, 3.8) is 0 Å². The number of nitrogens with one attached hydrogen (secondary N) is 1. The molecule has 0 rings (SSSR count). The molecular formula is C9H19NO3. The summed E-state index contributed by atoms with van der Waals surface area (Å²) in [5.74, 6) is -0.0288. The first-order valence-electron chi connectivity index (χ1n) is 4.50. The molecule has 1 unspecified atom stereocenters. The van der Waals surface area contributed by atoms with Gasteiger partial charge in [-0.05, 0) is 13.3 Å². The number of ether oxygens (including phenoxy) is 1. The van der Waals surface area contributed by atoms with Gasteiger partial charge in [-0.15, -0.1) is 0 Å². The van der Waals surface area contributed by atoms with Crippen molar-refractivity contribution in [2.45, 2.75) is 32.3 Å². The zero-order valence-corrected chi connectivity index (χ0v) is 8.59. The molecule has 0 radical (unpaired) electrons. The Kier molecular flexibility index (Phi) is 5.66. The standard InChI is InChI=1S/C9H19NO3/c1-4-5-8(11)10-6-9(2,12)7-13-3/h12H,4-7H2,1-3H3,(H,10,11). The van der Waals surface area contributed by atoms with Crippen molar-refractivity contribution in [3.05, 3.63) is 0 Å². The highest BCUT2D eigenvalue weighted by atomic mass is 16.5. The Morgan fingerprint density at radius 2 is 2.23 bits per heavy atom. The topological polar surface area (TPSA) is 58.6 Å². The number of hydrogen-bond donors (Lipinski definition) is 2. The summed E-state index contributed by atoms with van der Waals surface area (Å²) in [7, 11) is 1.52. The zero-order chi connectivity index (χ0) is 10.3. The second-order valence-electron chi connectivity index (χ2n) is 3.46. The summed E-state index contributed by atoms with van der Waals surface area (Å²) in [5, 5.41) is 12.2. The first kappa shape index (κ1) is 12.4. The first-order valence-corrected chi connectivity index (χ1v) is 4.50. The molecule has 0 bridgehead atoms. The van der Waals surface area contributed by atoms with E-state index in [1.807, 2.05) is 6.92 Å². The summed E-state index contributed by atoms with van der Waals surface area (Å²) in [4.78, 5) is 11.0. The number of aliphatic hydroxyl groups is 1. The summed E-state index contributed by atoms with van der Waals surface area (Å²) >= 11 is 0. The van der Waals surface area contributed by atoms with Crippen LogP contribution in [0.25, 0.3) is 0 Å². The second kappa shape index (κ2) is 5.94. The highest BCUT2D eigenvalue weighted by Crippen LogP contribution is 2.01. The zero-order valence-electron chi connectivity index (χ0n) is 8.59. The SMILES string of the molecule is CCCC(=O)NCC(C)(O)COC. The molecule has 4 nitrogen and oxygen atoms in total. The lowest BCUT2D eigenvalue weighted by atomic mass is 10.1. The van der Waals surface area contributed by atoms with Gasteiger partial charge in [-0.1, -0.05) is 6.92 Å². The molecule has 1 amide bonds. The maximum Gasteiger partial charge on any atom is 0.220 e. The molecule has 1 atom stereocenters. The number of carbonyl (C=O) groups excluding carboxylic acids is 1. The molecule has 0 spiro atoms. The van der Waals surface area contributed by atoms with Gasteiger partial charge in [0.15, 0.2) is 0 Å². The monoisotopic (exact) mass is 189 g/mol. The van der Waals surface area contributed by atoms with E-state index in [9.17, 15) is 9.90 Å². The van der Waals surface area contributed by atoms with Gasteiger partial charge in [0, 0.05) is 20.1 Å². The quantitative estimate of drug-likeness (QED) is 0.632. The number of methoxy groups -OCH3 is 1. The highest BCUT2D eigenvalue weighted by Gasteiger charge is 2.20. The van der Waals surface area contributed by atoms with Crippen LogP contribution in [0.5, 0.6) is 0 Å². The fourth-order valence-corrected chi connectivity index (χ4v) is 0.966. The van der Waals surface area contributed by atoms with Gasteiger partial charge in [0.2, 0.25) is 5.91 Å². The first-order chi connectivity index (χ1) is 6.02. The third kappa shape index (κ3) is 6.54. The normalized spacial score (nSPS) is 15.1. The Hall–Kier alpha value is -0.610. The molecule has 78 valence electrons. The minimum absolute atomic E-state index is 0.0288. The number of rotatable bonds is 6. The van der Waals surface area contributed by atoms with Gasteiger partial charge in [0.25, 0.3) is 0 Å². The minimum Gasteiger partial charge on any atom is -0.386 e. The van der Waals surface area contributed by atoms with E-state index < -0.39 is 5.60 Å². The molecule has 0 saturated carbocycles. The smallest absolute Gasteiger partial charge is 0.220 e. The number of hydrogen-bond acceptors (Lipinski definition) is 3. The maximum absolute atomic E-state index is 11.0. The Morgan fingerprint density at radius 3 is 2.69 bits per heavy atom. The van der Waals surface area contributed by atoms with Gasteiger partial charge < -0.3 is 15.2 Å². The Morgan fingerprint density at radius 1 is 1.62 bits per heavy atom. The average molecular weight is 189 g/mol. The van der Waals surface area contributed by atoms with Crippen LogP contribution < -0.4 is 5.32 Å². The van der Waals surface area contributed by atoms with Crippen LogP contribution in [0.2, 0.25) is 0 Å². The average Bonchev–Trinajstić information content (AvgIpc) is 2.02. The predicted octanol–water partition coefficient (Wildman–Crippen LogP) is 0.300. The van der Waals surface area contributed by atoms with Crippen LogP contribution in [0.15, 0.2) is 0 Å². The second-order valence-corrected chi connectivity index (χ2v) is 3.46. The number of carbonyl (C=O) groups is 1. The van der Waals surface area contributed by atoms with Crippen molar-refractivity contribution in [3.8, 4) is 0 Å². The van der Waals surface area contributed by atoms with Gasteiger partial charge in [-0.2, -0.15) is 0 Å². The van der Waals surface area contributed by atoms with Crippen LogP contribution >= 0.6 is 0 Å². The number of amides is 1. The van der Waals surface area contributed by atoms with Gasteiger partial charge >= 0.3 is 0 Å². The molecule has 0 aromatic rings. The van der Waals surface area contributed by atoms with E-state index in [4.69, 9.17) is 4.74 Å². The summed E-state index contributed by atoms with van der Waals surface area (Å²) in [5.41, 5.74) is -0.974. The lowest BCUT2D eigenvalue weighted by molar-refractivity contribution is -0.122. The van der Waals surface area contributed by atoms with Crippen LogP contribution in [0.3, 0.4) is 0 Å². The van der Waals surface area contributed by atoms with Crippen LogP contribution in [0.1, 0.15) is 26.7 Å². The molecule has 0 aromatic carbocycles. The van der Waals surface area contributed by atoms with Crippen molar-refractivity contribution in [2.24, 2.45) is 0 Å². The van der Waals surface area contributed by atoms with Crippen LogP contribution in [0.4, 0.5) is 0 Å². The molecular weight excluding hydrogens is 170 g/mol. The molecule has 0 fully saturated rings. The maximum atomic E-state index is 11.0. The summed E-state index contributed by atoms with van der Waals surface area (Å²) in [6.07, 6.45) is 1.32. The van der Waals surface area contributed by atoms with Crippen LogP contribution in [-0.2, 0) is 9.53 Å². The molecule has 0 heterocycles. The third-order valence-corrected chi connectivity index (χ3v) is 1.60. The summed E-state index contributed by atoms with van der Waals surface area (Å²) < 4.78 is 4.80. The van der Waals surface area contributed by atoms with E-state index in [1.165, 1.54) is 7.11 Å². The molecule has 4 heteroatoms. The molecule has 0 aliphatic carbocycles. The van der Waals surface area contributed by atoms with Gasteiger partial charge in [0.05, 0.1) is 6.61 Å². The van der Waals surface area contributed by atoms with E-state index in [1.54, 1.807) is 6.92 Å². The fourth-order valence-electron chi connectivity index (χ4n) is 0.966. The van der Waals surface area contributed by atoms with Crippen molar-refractivity contribution in [1.29, 1.82) is 0 Å². The lowest BCUT2D eigenvalue weighted by Crippen LogP contribution is -2.43. The Balaban J connectivity index is 3.67. The fraction of sp³-hybridized carbons (Fsp3) is 0.889. The molecule has 13 heavy (non-hydrogen) atoms. The van der Waals surface area contributed by atoms with E-state index in [2.05, 4.69) is 5.32 Å². The van der Waals surface area contributed by atoms with Gasteiger partial charge in [0.1, 0.15) is 5.60 Å². The predicted molar refractivity (Wildman–Crippen MR) is 50.4 cm³/mol. The summed E-state index contributed by atoms with van der Waals surface area (Å²) in [6.45, 7) is 4.02. The van der Waals surface area contributed by atoms with Crippen molar-refractivity contribution >= 4 is 5.91 Å². The van der Waals surface area contributed by atoms with E-state index in [-0.39, 0.29) is 19.1 Å². The molecule has 0 aliphatic heterocycles. The van der Waals surface area contributed by atoms with Crippen molar-refractivity contribution < 1.29 is 14.6 Å². The molecule has 0 aliphatic rings. The Labute approximate surface area is 79.3 Å². The van der Waals surface area contributed by atoms with Gasteiger partial charge in [-0.25, -0.2) is 0 Å². The summed E-state index contributed by atoms with van der Waals surface area (Å²) in [6, 6.07) is 0. The third-order valence-electron chi connectivity index (χ3n) is 1.60. The molecule has 0 saturated heterocycles. The van der Waals surface area contributed by atoms with Crippen molar-refractivity contribution in [1.82, 2.24) is 5.32 Å². The van der Waals surface area contributed by atoms with Crippen LogP contribution in [0, 0.1) is 0 Å². The van der Waals surface area contributed by atoms with Crippen molar-refractivity contribution in [2.75, 3.05) is 20.3 Å². The van der Waals surface area contributed by atoms with Gasteiger partial charge in [-0.3, -0.25) is 4.79 Å². The van der Waals surface area contributed by atoms with E-state index >= 15 is 0 Å². The lowest BCUT2D eigenvalue weighted by Gasteiger charge is -2.22.